The number of para-hydroxylation sites is 1. The Morgan fingerprint density at radius 1 is 1.13 bits per heavy atom. The number of carbonyl (C=O) groups is 2. The van der Waals surface area contributed by atoms with Gasteiger partial charge in [-0.2, -0.15) is 0 Å². The summed E-state index contributed by atoms with van der Waals surface area (Å²) in [4.78, 5) is 37.1. The molecule has 1 heterocycles. The predicted octanol–water partition coefficient (Wildman–Crippen LogP) is 5.20. The first-order valence-electron chi connectivity index (χ1n) is 11.2. The average Bonchev–Trinajstić information content (AvgIpc) is 2.87. The van der Waals surface area contributed by atoms with E-state index >= 15 is 0 Å². The third kappa shape index (κ3) is 5.63. The molecule has 9 nitrogen and oxygen atoms in total. The molecule has 1 saturated heterocycles. The van der Waals surface area contributed by atoms with Crippen molar-refractivity contribution in [3.05, 3.63) is 98.3 Å². The summed E-state index contributed by atoms with van der Waals surface area (Å²) in [6, 6.07) is 14.4. The van der Waals surface area contributed by atoms with E-state index in [0.29, 0.717) is 11.1 Å². The molecule has 38 heavy (non-hydrogen) atoms. The van der Waals surface area contributed by atoms with E-state index in [1.165, 1.54) is 54.6 Å². The Morgan fingerprint density at radius 3 is 2.50 bits per heavy atom. The zero-order valence-electron chi connectivity index (χ0n) is 19.8. The van der Waals surface area contributed by atoms with Crippen molar-refractivity contribution in [3.8, 4) is 11.5 Å². The van der Waals surface area contributed by atoms with Gasteiger partial charge in [0.15, 0.2) is 16.6 Å². The normalized spacial score (nSPS) is 14.4. The van der Waals surface area contributed by atoms with Crippen LogP contribution in [-0.4, -0.2) is 28.5 Å². The summed E-state index contributed by atoms with van der Waals surface area (Å²) < 4.78 is 25.9. The summed E-state index contributed by atoms with van der Waals surface area (Å²) in [5.74, 6) is -1.78. The number of amides is 2. The van der Waals surface area contributed by atoms with Crippen molar-refractivity contribution in [1.29, 1.82) is 0 Å². The summed E-state index contributed by atoms with van der Waals surface area (Å²) in [6.45, 7) is 2.07. The maximum atomic E-state index is 14.4. The summed E-state index contributed by atoms with van der Waals surface area (Å²) in [6.07, 6.45) is 1.29. The van der Waals surface area contributed by atoms with Crippen LogP contribution in [0.25, 0.3) is 6.08 Å². The topological polar surface area (TPSA) is 111 Å². The Hall–Kier alpha value is -4.35. The fourth-order valence-electron chi connectivity index (χ4n) is 3.62. The molecule has 0 aromatic heterocycles. The van der Waals surface area contributed by atoms with Crippen LogP contribution in [0.15, 0.2) is 66.2 Å². The summed E-state index contributed by atoms with van der Waals surface area (Å²) >= 11 is 11.6. The van der Waals surface area contributed by atoms with Crippen LogP contribution in [0.2, 0.25) is 5.02 Å². The van der Waals surface area contributed by atoms with E-state index in [2.05, 4.69) is 5.32 Å². The van der Waals surface area contributed by atoms with Gasteiger partial charge in [0.2, 0.25) is 0 Å². The number of nitro groups is 1. The van der Waals surface area contributed by atoms with Crippen molar-refractivity contribution >= 4 is 58.2 Å². The van der Waals surface area contributed by atoms with Gasteiger partial charge < -0.3 is 9.47 Å². The Kier molecular flexibility index (Phi) is 7.99. The van der Waals surface area contributed by atoms with Crippen molar-refractivity contribution < 1.29 is 28.4 Å². The van der Waals surface area contributed by atoms with E-state index < -0.39 is 22.6 Å². The van der Waals surface area contributed by atoms with E-state index in [1.54, 1.807) is 19.1 Å². The predicted molar refractivity (Wildman–Crippen MR) is 143 cm³/mol. The smallest absolute Gasteiger partial charge is 0.270 e. The number of hydrogen-bond acceptors (Lipinski definition) is 7. The highest BCUT2D eigenvalue weighted by molar-refractivity contribution is 7.80. The number of rotatable bonds is 8. The van der Waals surface area contributed by atoms with Crippen molar-refractivity contribution in [1.82, 2.24) is 5.32 Å². The number of nitro benzene ring substituents is 1. The van der Waals surface area contributed by atoms with Gasteiger partial charge in [-0.15, -0.1) is 0 Å². The zero-order chi connectivity index (χ0) is 27.4. The number of ether oxygens (including phenoxy) is 2. The Bertz CT molecular complexity index is 1480. The van der Waals surface area contributed by atoms with Gasteiger partial charge in [0.25, 0.3) is 17.5 Å². The molecular weight excluding hydrogens is 537 g/mol. The second kappa shape index (κ2) is 11.4. The van der Waals surface area contributed by atoms with Gasteiger partial charge in [0, 0.05) is 12.1 Å². The largest absolute Gasteiger partial charge is 0.490 e. The maximum Gasteiger partial charge on any atom is 0.270 e. The van der Waals surface area contributed by atoms with E-state index in [-0.39, 0.29) is 51.8 Å². The Labute approximate surface area is 226 Å². The van der Waals surface area contributed by atoms with Crippen LogP contribution in [0.4, 0.5) is 15.8 Å². The van der Waals surface area contributed by atoms with Crippen LogP contribution in [0.1, 0.15) is 18.1 Å². The fraction of sp³-hybridized carbons (Fsp3) is 0.115. The second-order valence-electron chi connectivity index (χ2n) is 7.88. The molecule has 0 aliphatic carbocycles. The minimum absolute atomic E-state index is 0.0465. The lowest BCUT2D eigenvalue weighted by molar-refractivity contribution is -0.384. The highest BCUT2D eigenvalue weighted by atomic mass is 35.5. The van der Waals surface area contributed by atoms with E-state index in [1.807, 2.05) is 0 Å². The molecule has 0 unspecified atom stereocenters. The van der Waals surface area contributed by atoms with Gasteiger partial charge in [-0.25, -0.2) is 9.29 Å². The maximum absolute atomic E-state index is 14.4. The molecule has 4 rings (SSSR count). The van der Waals surface area contributed by atoms with Gasteiger partial charge in [-0.05, 0) is 72.7 Å². The molecular formula is C26H19ClFN3O6S. The first-order chi connectivity index (χ1) is 18.2. The van der Waals surface area contributed by atoms with Gasteiger partial charge in [-0.1, -0.05) is 23.7 Å². The highest BCUT2D eigenvalue weighted by Crippen LogP contribution is 2.38. The standard InChI is InChI=1S/C26H19ClFN3O6S/c1-2-36-22-13-16(12-19(27)23(22)37-14-15-7-9-17(10-8-15)31(34)35)11-18-24(32)29-26(38)30(25(18)33)21-6-4-3-5-20(21)28/h3-13H,2,14H2,1H3,(H,29,32,38). The number of thiocarbonyl (C=S) groups is 1. The van der Waals surface area contributed by atoms with Gasteiger partial charge in [0.05, 0.1) is 22.2 Å². The SMILES string of the molecule is CCOc1cc(C=C2C(=O)NC(=S)N(c3ccccc3F)C2=O)cc(Cl)c1OCc1ccc([N+](=O)[O-])cc1. The van der Waals surface area contributed by atoms with E-state index in [4.69, 9.17) is 33.3 Å². The molecule has 12 heteroatoms. The van der Waals surface area contributed by atoms with Gasteiger partial charge in [0.1, 0.15) is 18.0 Å². The Balaban J connectivity index is 1.64. The number of nitrogens with zero attached hydrogens (tertiary/aromatic N) is 2. The first kappa shape index (κ1) is 26.7. The minimum Gasteiger partial charge on any atom is -0.490 e. The number of halogens is 2. The van der Waals surface area contributed by atoms with E-state index in [9.17, 15) is 24.1 Å². The van der Waals surface area contributed by atoms with Crippen molar-refractivity contribution in [2.45, 2.75) is 13.5 Å². The lowest BCUT2D eigenvalue weighted by Gasteiger charge is -2.29. The molecule has 3 aromatic rings. The summed E-state index contributed by atoms with van der Waals surface area (Å²) in [7, 11) is 0. The molecule has 1 fully saturated rings. The van der Waals surface area contributed by atoms with Crippen LogP contribution >= 0.6 is 23.8 Å². The third-order valence-electron chi connectivity index (χ3n) is 5.37. The first-order valence-corrected chi connectivity index (χ1v) is 12.0. The van der Waals surface area contributed by atoms with Crippen LogP contribution in [0, 0.1) is 15.9 Å². The lowest BCUT2D eigenvalue weighted by Crippen LogP contribution is -2.54. The van der Waals surface area contributed by atoms with Gasteiger partial charge in [-0.3, -0.25) is 25.0 Å². The molecule has 1 aliphatic heterocycles. The van der Waals surface area contributed by atoms with E-state index in [0.717, 1.165) is 4.90 Å². The lowest BCUT2D eigenvalue weighted by atomic mass is 10.1. The van der Waals surface area contributed by atoms with Crippen molar-refractivity contribution in [2.24, 2.45) is 0 Å². The van der Waals surface area contributed by atoms with Crippen molar-refractivity contribution in [3.63, 3.8) is 0 Å². The molecule has 0 radical (unpaired) electrons. The summed E-state index contributed by atoms with van der Waals surface area (Å²) in [5.41, 5.74) is 0.570. The quantitative estimate of drug-likeness (QED) is 0.134. The van der Waals surface area contributed by atoms with Crippen LogP contribution in [-0.2, 0) is 16.2 Å². The number of anilines is 1. The van der Waals surface area contributed by atoms with Crippen LogP contribution in [0.3, 0.4) is 0 Å². The molecule has 0 saturated carbocycles. The monoisotopic (exact) mass is 555 g/mol. The molecule has 1 N–H and O–H groups in total. The zero-order valence-corrected chi connectivity index (χ0v) is 21.3. The highest BCUT2D eigenvalue weighted by Gasteiger charge is 2.35. The van der Waals surface area contributed by atoms with Crippen LogP contribution in [0.5, 0.6) is 11.5 Å². The molecule has 0 spiro atoms. The second-order valence-corrected chi connectivity index (χ2v) is 8.68. The molecule has 1 aliphatic rings. The number of carbonyl (C=O) groups excluding carboxylic acids is 2. The molecule has 194 valence electrons. The number of nitrogens with one attached hydrogen (secondary N) is 1. The van der Waals surface area contributed by atoms with Crippen molar-refractivity contribution in [2.75, 3.05) is 11.5 Å². The molecule has 0 atom stereocenters. The number of benzene rings is 3. The van der Waals surface area contributed by atoms with Crippen LogP contribution < -0.4 is 19.7 Å². The third-order valence-corrected chi connectivity index (χ3v) is 5.93. The molecule has 3 aromatic carbocycles. The Morgan fingerprint density at radius 2 is 1.84 bits per heavy atom. The fourth-order valence-corrected chi connectivity index (χ4v) is 4.17. The number of non-ortho nitro benzene ring substituents is 1. The number of hydrogen-bond donors (Lipinski definition) is 1. The summed E-state index contributed by atoms with van der Waals surface area (Å²) in [5, 5.41) is 13.1. The molecule has 0 bridgehead atoms. The van der Waals surface area contributed by atoms with Gasteiger partial charge >= 0.3 is 0 Å². The average molecular weight is 556 g/mol. The molecule has 2 amide bonds. The minimum atomic E-state index is -0.809.